The summed E-state index contributed by atoms with van der Waals surface area (Å²) in [7, 11) is 0. The summed E-state index contributed by atoms with van der Waals surface area (Å²) in [6.45, 7) is 4.85. The Morgan fingerprint density at radius 3 is 2.59 bits per heavy atom. The molecule has 0 bridgehead atoms. The molecule has 0 saturated heterocycles. The molecule has 1 unspecified atom stereocenters. The molecule has 0 fully saturated rings. The van der Waals surface area contributed by atoms with Crippen LogP contribution in [0.4, 0.5) is 0 Å². The van der Waals surface area contributed by atoms with Crippen molar-refractivity contribution in [1.29, 1.82) is 0 Å². The molecule has 1 aliphatic rings. The SMILES string of the molecule is CCCCC(Br)(NC=O)C(=O)OCC.c1ccc2c(c1)CO2. The number of para-hydroxylation sites is 1. The van der Waals surface area contributed by atoms with Crippen molar-refractivity contribution in [3.63, 3.8) is 0 Å². The van der Waals surface area contributed by atoms with Crippen molar-refractivity contribution in [2.45, 2.75) is 44.2 Å². The number of carbonyl (C=O) groups excluding carboxylic acids is 2. The molecule has 1 atom stereocenters. The van der Waals surface area contributed by atoms with Crippen LogP contribution in [0.1, 0.15) is 38.7 Å². The van der Waals surface area contributed by atoms with Gasteiger partial charge in [-0.2, -0.15) is 0 Å². The van der Waals surface area contributed by atoms with Crippen molar-refractivity contribution in [2.24, 2.45) is 0 Å². The van der Waals surface area contributed by atoms with Crippen molar-refractivity contribution in [3.8, 4) is 5.75 Å². The fourth-order valence-corrected chi connectivity index (χ4v) is 2.32. The zero-order chi connectivity index (χ0) is 16.4. The van der Waals surface area contributed by atoms with Crippen LogP contribution in [-0.4, -0.2) is 23.4 Å². The maximum absolute atomic E-state index is 11.5. The fraction of sp³-hybridized carbons (Fsp3) is 0.500. The van der Waals surface area contributed by atoms with Crippen LogP contribution >= 0.6 is 15.9 Å². The van der Waals surface area contributed by atoms with Crippen LogP contribution in [0, 0.1) is 0 Å². The molecule has 1 heterocycles. The van der Waals surface area contributed by atoms with Gasteiger partial charge in [0.05, 0.1) is 6.61 Å². The highest BCUT2D eigenvalue weighted by atomic mass is 79.9. The van der Waals surface area contributed by atoms with Crippen LogP contribution in [0.25, 0.3) is 0 Å². The summed E-state index contributed by atoms with van der Waals surface area (Å²) >= 11 is 3.20. The summed E-state index contributed by atoms with van der Waals surface area (Å²) in [6.07, 6.45) is 2.82. The maximum Gasteiger partial charge on any atom is 0.343 e. The number of hydrogen-bond donors (Lipinski definition) is 1. The number of halogens is 1. The normalized spacial score (nSPS) is 14.0. The topological polar surface area (TPSA) is 64.6 Å². The zero-order valence-electron chi connectivity index (χ0n) is 12.9. The van der Waals surface area contributed by atoms with Gasteiger partial charge in [0.25, 0.3) is 0 Å². The number of amides is 1. The number of hydrogen-bond acceptors (Lipinski definition) is 4. The van der Waals surface area contributed by atoms with E-state index in [1.807, 2.05) is 25.1 Å². The monoisotopic (exact) mass is 371 g/mol. The second kappa shape index (κ2) is 9.46. The average Bonchev–Trinajstić information content (AvgIpc) is 2.48. The molecule has 1 amide bonds. The number of rotatable bonds is 7. The molecule has 0 aromatic heterocycles. The van der Waals surface area contributed by atoms with Gasteiger partial charge in [-0.1, -0.05) is 31.5 Å². The van der Waals surface area contributed by atoms with Gasteiger partial charge in [0.15, 0.2) is 4.45 Å². The van der Waals surface area contributed by atoms with Crippen molar-refractivity contribution in [3.05, 3.63) is 29.8 Å². The third kappa shape index (κ3) is 5.33. The van der Waals surface area contributed by atoms with Crippen LogP contribution < -0.4 is 10.1 Å². The Balaban J connectivity index is 0.000000249. The van der Waals surface area contributed by atoms with E-state index in [-0.39, 0.29) is 0 Å². The van der Waals surface area contributed by atoms with Crippen LogP contribution in [0.5, 0.6) is 5.75 Å². The fourth-order valence-electron chi connectivity index (χ4n) is 1.83. The number of carbonyl (C=O) groups is 2. The third-order valence-corrected chi connectivity index (χ3v) is 4.07. The number of esters is 1. The van der Waals surface area contributed by atoms with Crippen molar-refractivity contribution in [2.75, 3.05) is 6.61 Å². The summed E-state index contributed by atoms with van der Waals surface area (Å²) in [5, 5.41) is 2.44. The summed E-state index contributed by atoms with van der Waals surface area (Å²) in [6, 6.07) is 8.08. The van der Waals surface area contributed by atoms with Gasteiger partial charge in [-0.15, -0.1) is 0 Å². The summed E-state index contributed by atoms with van der Waals surface area (Å²) in [4.78, 5) is 21.8. The predicted octanol–water partition coefficient (Wildman–Crippen LogP) is 3.16. The van der Waals surface area contributed by atoms with E-state index >= 15 is 0 Å². The average molecular weight is 372 g/mol. The first-order valence-electron chi connectivity index (χ1n) is 7.35. The lowest BCUT2D eigenvalue weighted by atomic mass is 10.1. The summed E-state index contributed by atoms with van der Waals surface area (Å²) in [5.41, 5.74) is 1.33. The molecule has 0 radical (unpaired) electrons. The molecular formula is C16H22BrNO4. The molecule has 1 aromatic carbocycles. The highest BCUT2D eigenvalue weighted by Crippen LogP contribution is 2.27. The molecule has 1 aromatic rings. The quantitative estimate of drug-likeness (QED) is 0.346. The standard InChI is InChI=1S/C9H16BrNO3.C7H6O/c1-3-5-6-9(10,11-7-12)8(13)14-4-2;1-2-4-7-6(3-1)5-8-7/h7H,3-6H2,1-2H3,(H,11,12);1-4H,5H2. The number of fused-ring (bicyclic) bond motifs is 1. The molecule has 2 rings (SSSR count). The smallest absolute Gasteiger partial charge is 0.343 e. The third-order valence-electron chi connectivity index (χ3n) is 3.12. The lowest BCUT2D eigenvalue weighted by Gasteiger charge is -2.24. The van der Waals surface area contributed by atoms with Gasteiger partial charge in [-0.25, -0.2) is 4.79 Å². The van der Waals surface area contributed by atoms with E-state index in [1.54, 1.807) is 6.92 Å². The Bertz CT molecular complexity index is 472. The van der Waals surface area contributed by atoms with E-state index < -0.39 is 10.4 Å². The Labute approximate surface area is 139 Å². The van der Waals surface area contributed by atoms with Crippen LogP contribution in [0.15, 0.2) is 24.3 Å². The van der Waals surface area contributed by atoms with Gasteiger partial charge < -0.3 is 14.8 Å². The first-order chi connectivity index (χ1) is 10.6. The van der Waals surface area contributed by atoms with E-state index in [1.165, 1.54) is 5.56 Å². The molecule has 0 aliphatic carbocycles. The maximum atomic E-state index is 11.5. The zero-order valence-corrected chi connectivity index (χ0v) is 14.5. The Morgan fingerprint density at radius 1 is 1.45 bits per heavy atom. The van der Waals surface area contributed by atoms with Crippen molar-refractivity contribution < 1.29 is 19.1 Å². The van der Waals surface area contributed by atoms with E-state index in [2.05, 4.69) is 27.3 Å². The number of ether oxygens (including phenoxy) is 2. The van der Waals surface area contributed by atoms with Gasteiger partial charge in [0, 0.05) is 5.56 Å². The minimum Gasteiger partial charge on any atom is -0.488 e. The molecule has 6 heteroatoms. The molecule has 22 heavy (non-hydrogen) atoms. The predicted molar refractivity (Wildman–Crippen MR) is 87.8 cm³/mol. The number of benzene rings is 1. The molecular weight excluding hydrogens is 350 g/mol. The largest absolute Gasteiger partial charge is 0.488 e. The molecule has 122 valence electrons. The van der Waals surface area contributed by atoms with Crippen molar-refractivity contribution in [1.82, 2.24) is 5.32 Å². The number of nitrogens with one attached hydrogen (secondary N) is 1. The van der Waals surface area contributed by atoms with E-state index in [0.717, 1.165) is 25.2 Å². The minimum absolute atomic E-state index is 0.304. The van der Waals surface area contributed by atoms with E-state index in [4.69, 9.17) is 9.47 Å². The second-order valence-corrected chi connectivity index (χ2v) is 6.14. The molecule has 0 saturated carbocycles. The van der Waals surface area contributed by atoms with Gasteiger partial charge >= 0.3 is 5.97 Å². The van der Waals surface area contributed by atoms with E-state index in [9.17, 15) is 9.59 Å². The van der Waals surface area contributed by atoms with Crippen molar-refractivity contribution >= 4 is 28.3 Å². The Morgan fingerprint density at radius 2 is 2.18 bits per heavy atom. The number of alkyl halides is 1. The highest BCUT2D eigenvalue weighted by molar-refractivity contribution is 9.10. The first kappa shape index (κ1) is 18.5. The highest BCUT2D eigenvalue weighted by Gasteiger charge is 2.35. The van der Waals surface area contributed by atoms with Gasteiger partial charge in [0.2, 0.25) is 6.41 Å². The first-order valence-corrected chi connectivity index (χ1v) is 8.14. The van der Waals surface area contributed by atoms with Gasteiger partial charge in [0.1, 0.15) is 12.4 Å². The summed E-state index contributed by atoms with van der Waals surface area (Å²) < 4.78 is 8.87. The Hall–Kier alpha value is -1.56. The molecule has 0 spiro atoms. The molecule has 1 N–H and O–H groups in total. The van der Waals surface area contributed by atoms with E-state index in [0.29, 0.717) is 19.4 Å². The van der Waals surface area contributed by atoms with Crippen LogP contribution in [0.2, 0.25) is 0 Å². The van der Waals surface area contributed by atoms with Crippen LogP contribution in [-0.2, 0) is 20.9 Å². The van der Waals surface area contributed by atoms with Gasteiger partial charge in [-0.3, -0.25) is 4.79 Å². The summed E-state index contributed by atoms with van der Waals surface area (Å²) in [5.74, 6) is 0.605. The molecule has 5 nitrogen and oxygen atoms in total. The lowest BCUT2D eigenvalue weighted by molar-refractivity contribution is -0.148. The Kier molecular flexibility index (Phi) is 7.95. The molecule has 1 aliphatic heterocycles. The number of unbranched alkanes of at least 4 members (excludes halogenated alkanes) is 1. The second-order valence-electron chi connectivity index (χ2n) is 4.78. The van der Waals surface area contributed by atoms with Gasteiger partial charge in [-0.05, 0) is 41.8 Å². The van der Waals surface area contributed by atoms with Crippen LogP contribution in [0.3, 0.4) is 0 Å². The minimum atomic E-state index is -1.05. The lowest BCUT2D eigenvalue weighted by Crippen LogP contribution is -2.47.